The minimum Gasteiger partial charge on any atom is -0.506 e. The third kappa shape index (κ3) is 3.43. The topological polar surface area (TPSA) is 96.3 Å². The molecule has 19 heavy (non-hydrogen) atoms. The normalized spacial score (nSPS) is 13.4. The van der Waals surface area contributed by atoms with Crippen molar-refractivity contribution in [3.05, 3.63) is 27.7 Å². The molecule has 7 heteroatoms. The van der Waals surface area contributed by atoms with Crippen molar-refractivity contribution in [3.8, 4) is 11.8 Å². The van der Waals surface area contributed by atoms with Crippen molar-refractivity contribution in [2.24, 2.45) is 5.73 Å². The highest BCUT2D eigenvalue weighted by Gasteiger charge is 2.30. The molecule has 0 bridgehead atoms. The van der Waals surface area contributed by atoms with Crippen molar-refractivity contribution in [2.75, 3.05) is 6.61 Å². The Labute approximate surface area is 117 Å². The number of nitriles is 1. The number of halogens is 2. The van der Waals surface area contributed by atoms with Crippen molar-refractivity contribution >= 4 is 21.9 Å². The first-order valence-electron chi connectivity index (χ1n) is 5.41. The van der Waals surface area contributed by atoms with Crippen molar-refractivity contribution in [1.82, 2.24) is 0 Å². The Morgan fingerprint density at radius 3 is 2.84 bits per heavy atom. The summed E-state index contributed by atoms with van der Waals surface area (Å²) < 4.78 is 18.5. The van der Waals surface area contributed by atoms with E-state index in [-0.39, 0.29) is 28.0 Å². The Hall–Kier alpha value is -1.65. The van der Waals surface area contributed by atoms with Crippen LogP contribution in [-0.2, 0) is 9.53 Å². The van der Waals surface area contributed by atoms with E-state index in [0.717, 1.165) is 0 Å². The predicted molar refractivity (Wildman–Crippen MR) is 69.0 cm³/mol. The van der Waals surface area contributed by atoms with Crippen LogP contribution in [0, 0.1) is 11.3 Å². The number of phenolic OH excluding ortho intramolecular Hbond substituents is 1. The molecule has 0 saturated heterocycles. The van der Waals surface area contributed by atoms with Crippen LogP contribution in [0.5, 0.6) is 5.75 Å². The molecule has 0 aromatic heterocycles. The van der Waals surface area contributed by atoms with E-state index in [4.69, 9.17) is 11.0 Å². The van der Waals surface area contributed by atoms with Gasteiger partial charge in [0.15, 0.2) is 0 Å². The van der Waals surface area contributed by atoms with Crippen molar-refractivity contribution in [3.63, 3.8) is 0 Å². The van der Waals surface area contributed by atoms with Crippen molar-refractivity contribution in [2.45, 2.75) is 19.1 Å². The lowest BCUT2D eigenvalue weighted by atomic mass is 10.00. The van der Waals surface area contributed by atoms with Crippen molar-refractivity contribution < 1.29 is 19.0 Å². The molecule has 0 spiro atoms. The zero-order valence-corrected chi connectivity index (χ0v) is 11.6. The molecule has 0 radical (unpaired) electrons. The SMILES string of the molecule is CCOC(=O)C(F)[C@H](N)c1cc(C#N)cc(Br)c1O. The highest BCUT2D eigenvalue weighted by atomic mass is 79.9. The zero-order chi connectivity index (χ0) is 14.6. The van der Waals surface area contributed by atoms with Crippen LogP contribution in [-0.4, -0.2) is 23.9 Å². The molecule has 1 aromatic rings. The summed E-state index contributed by atoms with van der Waals surface area (Å²) >= 11 is 3.03. The fourth-order valence-corrected chi connectivity index (χ4v) is 1.94. The Morgan fingerprint density at radius 1 is 1.68 bits per heavy atom. The fourth-order valence-electron chi connectivity index (χ4n) is 1.47. The number of carbonyl (C=O) groups excluding carboxylic acids is 1. The van der Waals surface area contributed by atoms with E-state index in [1.165, 1.54) is 12.1 Å². The maximum absolute atomic E-state index is 13.8. The van der Waals surface area contributed by atoms with E-state index < -0.39 is 18.2 Å². The van der Waals surface area contributed by atoms with Crippen LogP contribution in [0.4, 0.5) is 4.39 Å². The second kappa shape index (κ2) is 6.50. The molecule has 1 aromatic carbocycles. The average molecular weight is 331 g/mol. The van der Waals surface area contributed by atoms with Crippen LogP contribution in [0.25, 0.3) is 0 Å². The number of phenols is 1. The molecule has 0 aliphatic rings. The molecule has 0 saturated carbocycles. The summed E-state index contributed by atoms with van der Waals surface area (Å²) in [6.45, 7) is 1.57. The smallest absolute Gasteiger partial charge is 0.342 e. The lowest BCUT2D eigenvalue weighted by Crippen LogP contribution is -2.31. The zero-order valence-electron chi connectivity index (χ0n) is 10.1. The number of benzene rings is 1. The minimum absolute atomic E-state index is 0.0277. The molecular formula is C12H12BrFN2O3. The number of ether oxygens (including phenoxy) is 1. The molecular weight excluding hydrogens is 319 g/mol. The summed E-state index contributed by atoms with van der Waals surface area (Å²) in [7, 11) is 0. The van der Waals surface area contributed by atoms with Gasteiger partial charge < -0.3 is 15.6 Å². The third-order valence-corrected chi connectivity index (χ3v) is 3.01. The molecule has 2 atom stereocenters. The van der Waals surface area contributed by atoms with Crippen LogP contribution in [0.2, 0.25) is 0 Å². The van der Waals surface area contributed by atoms with Gasteiger partial charge in [-0.1, -0.05) is 0 Å². The van der Waals surface area contributed by atoms with Gasteiger partial charge in [0.25, 0.3) is 0 Å². The van der Waals surface area contributed by atoms with Crippen LogP contribution in [0.1, 0.15) is 24.1 Å². The number of alkyl halides is 1. The standard InChI is InChI=1S/C12H12BrFN2O3/c1-2-19-12(18)9(14)10(16)7-3-6(5-15)4-8(13)11(7)17/h3-4,9-10,17H,2,16H2,1H3/t9?,10-/m1/s1. The second-order valence-corrected chi connectivity index (χ2v) is 4.54. The van der Waals surface area contributed by atoms with Gasteiger partial charge in [-0.15, -0.1) is 0 Å². The first kappa shape index (κ1) is 15.4. The minimum atomic E-state index is -2.12. The van der Waals surface area contributed by atoms with Gasteiger partial charge in [-0.2, -0.15) is 5.26 Å². The van der Waals surface area contributed by atoms with E-state index >= 15 is 0 Å². The maximum Gasteiger partial charge on any atom is 0.342 e. The quantitative estimate of drug-likeness (QED) is 0.822. The first-order valence-corrected chi connectivity index (χ1v) is 6.20. The average Bonchev–Trinajstić information content (AvgIpc) is 2.40. The number of hydrogen-bond donors (Lipinski definition) is 2. The Kier molecular flexibility index (Phi) is 5.27. The first-order chi connectivity index (χ1) is 8.92. The predicted octanol–water partition coefficient (Wildman–Crippen LogP) is 1.93. The molecule has 0 heterocycles. The number of rotatable bonds is 4. The van der Waals surface area contributed by atoms with Crippen LogP contribution < -0.4 is 5.73 Å². The van der Waals surface area contributed by atoms with Gasteiger partial charge in [0, 0.05) is 5.56 Å². The van der Waals surface area contributed by atoms with Gasteiger partial charge in [0.2, 0.25) is 6.17 Å². The summed E-state index contributed by atoms with van der Waals surface area (Å²) in [5, 5.41) is 18.6. The van der Waals surface area contributed by atoms with Gasteiger partial charge in [0.1, 0.15) is 5.75 Å². The molecule has 1 rings (SSSR count). The number of hydrogen-bond acceptors (Lipinski definition) is 5. The van der Waals surface area contributed by atoms with E-state index in [2.05, 4.69) is 20.7 Å². The van der Waals surface area contributed by atoms with Gasteiger partial charge in [-0.05, 0) is 35.0 Å². The van der Waals surface area contributed by atoms with Gasteiger partial charge in [0.05, 0.1) is 28.8 Å². The van der Waals surface area contributed by atoms with Crippen LogP contribution in [0.3, 0.4) is 0 Å². The molecule has 3 N–H and O–H groups in total. The van der Waals surface area contributed by atoms with E-state index in [1.54, 1.807) is 6.92 Å². The summed E-state index contributed by atoms with van der Waals surface area (Å²) in [4.78, 5) is 11.3. The Bertz CT molecular complexity index is 530. The molecule has 0 aliphatic heterocycles. The monoisotopic (exact) mass is 330 g/mol. The second-order valence-electron chi connectivity index (χ2n) is 3.69. The summed E-state index contributed by atoms with van der Waals surface area (Å²) in [5.41, 5.74) is 5.75. The Morgan fingerprint density at radius 2 is 2.32 bits per heavy atom. The molecule has 5 nitrogen and oxygen atoms in total. The third-order valence-electron chi connectivity index (χ3n) is 2.41. The molecule has 0 aliphatic carbocycles. The summed E-state index contributed by atoms with van der Waals surface area (Å²) in [6, 6.07) is 3.03. The molecule has 1 unspecified atom stereocenters. The number of nitrogens with zero attached hydrogens (tertiary/aromatic N) is 1. The summed E-state index contributed by atoms with van der Waals surface area (Å²) in [6.07, 6.45) is -2.12. The Balaban J connectivity index is 3.12. The fraction of sp³-hybridized carbons (Fsp3) is 0.333. The lowest BCUT2D eigenvalue weighted by molar-refractivity contribution is -0.149. The molecule has 0 fully saturated rings. The van der Waals surface area contributed by atoms with Gasteiger partial charge in [-0.3, -0.25) is 0 Å². The number of nitrogens with two attached hydrogens (primary N) is 1. The summed E-state index contributed by atoms with van der Waals surface area (Å²) in [5.74, 6) is -1.41. The molecule has 0 amide bonds. The lowest BCUT2D eigenvalue weighted by Gasteiger charge is -2.17. The maximum atomic E-state index is 13.8. The van der Waals surface area contributed by atoms with Gasteiger partial charge >= 0.3 is 5.97 Å². The van der Waals surface area contributed by atoms with Gasteiger partial charge in [-0.25, -0.2) is 9.18 Å². The highest BCUT2D eigenvalue weighted by molar-refractivity contribution is 9.10. The van der Waals surface area contributed by atoms with E-state index in [0.29, 0.717) is 0 Å². The number of esters is 1. The largest absolute Gasteiger partial charge is 0.506 e. The van der Waals surface area contributed by atoms with Crippen LogP contribution >= 0.6 is 15.9 Å². The number of carbonyl (C=O) groups is 1. The number of aromatic hydroxyl groups is 1. The highest BCUT2D eigenvalue weighted by Crippen LogP contribution is 2.34. The van der Waals surface area contributed by atoms with E-state index in [9.17, 15) is 14.3 Å². The van der Waals surface area contributed by atoms with Crippen molar-refractivity contribution in [1.29, 1.82) is 5.26 Å². The van der Waals surface area contributed by atoms with Crippen LogP contribution in [0.15, 0.2) is 16.6 Å². The molecule has 102 valence electrons. The van der Waals surface area contributed by atoms with E-state index in [1.807, 2.05) is 6.07 Å².